The summed E-state index contributed by atoms with van der Waals surface area (Å²) in [6, 6.07) is 9.74. The smallest absolute Gasteiger partial charge is 0.245 e. The standard InChI is InChI=1S/C22H24N4O2/c1-3-22(28)25-10-8-18(9-11-25)24(2)20-12-17(14-26-15-23-13-21(20)26)16-4-6-19(27)7-5-16/h3-7,12-15,18,27H,1,8-11H2,2H3. The lowest BCUT2D eigenvalue weighted by Gasteiger charge is -2.37. The van der Waals surface area contributed by atoms with E-state index >= 15 is 0 Å². The molecule has 0 aliphatic carbocycles. The van der Waals surface area contributed by atoms with Crippen LogP contribution in [0.3, 0.4) is 0 Å². The molecule has 2 aromatic heterocycles. The van der Waals surface area contributed by atoms with Crippen LogP contribution in [0.1, 0.15) is 12.8 Å². The maximum atomic E-state index is 11.8. The minimum absolute atomic E-state index is 0.00797. The Morgan fingerprint density at radius 1 is 1.25 bits per heavy atom. The van der Waals surface area contributed by atoms with Crippen molar-refractivity contribution in [1.82, 2.24) is 14.3 Å². The molecule has 1 amide bonds. The number of hydrogen-bond acceptors (Lipinski definition) is 4. The Bertz CT molecular complexity index is 1000. The molecule has 1 aromatic carbocycles. The quantitative estimate of drug-likeness (QED) is 0.710. The van der Waals surface area contributed by atoms with Gasteiger partial charge in [0.25, 0.3) is 0 Å². The number of phenolic OH excluding ortho intramolecular Hbond substituents is 1. The number of aromatic hydroxyl groups is 1. The highest BCUT2D eigenvalue weighted by molar-refractivity contribution is 5.87. The van der Waals surface area contributed by atoms with Gasteiger partial charge in [0, 0.05) is 37.9 Å². The number of imidazole rings is 1. The maximum Gasteiger partial charge on any atom is 0.245 e. The minimum atomic E-state index is 0.00797. The second kappa shape index (κ2) is 7.38. The maximum absolute atomic E-state index is 11.8. The molecule has 1 aliphatic rings. The van der Waals surface area contributed by atoms with Gasteiger partial charge in [0.2, 0.25) is 5.91 Å². The summed E-state index contributed by atoms with van der Waals surface area (Å²) in [7, 11) is 2.11. The first-order valence-corrected chi connectivity index (χ1v) is 9.46. The molecule has 1 fully saturated rings. The molecule has 1 aliphatic heterocycles. The summed E-state index contributed by atoms with van der Waals surface area (Å²) in [6.45, 7) is 5.07. The molecule has 3 aromatic rings. The Kier molecular flexibility index (Phi) is 4.77. The molecule has 4 rings (SSSR count). The summed E-state index contributed by atoms with van der Waals surface area (Å²) in [5.74, 6) is 0.263. The number of hydrogen-bond donors (Lipinski definition) is 1. The molecule has 6 nitrogen and oxygen atoms in total. The van der Waals surface area contributed by atoms with Crippen molar-refractivity contribution in [2.24, 2.45) is 0 Å². The van der Waals surface area contributed by atoms with Crippen LogP contribution >= 0.6 is 0 Å². The topological polar surface area (TPSA) is 61.1 Å². The number of pyridine rings is 1. The van der Waals surface area contributed by atoms with Crippen molar-refractivity contribution in [2.75, 3.05) is 25.0 Å². The summed E-state index contributed by atoms with van der Waals surface area (Å²) >= 11 is 0. The predicted octanol–water partition coefficient (Wildman–Crippen LogP) is 3.32. The predicted molar refractivity (Wildman–Crippen MR) is 110 cm³/mol. The molecule has 3 heterocycles. The SMILES string of the molecule is C=CC(=O)N1CCC(N(C)c2cc(-c3ccc(O)cc3)cn3cncc23)CC1. The molecular weight excluding hydrogens is 352 g/mol. The third-order valence-corrected chi connectivity index (χ3v) is 5.58. The number of aromatic nitrogens is 2. The molecular formula is C22H24N4O2. The van der Waals surface area contributed by atoms with Gasteiger partial charge in [-0.2, -0.15) is 0 Å². The number of fused-ring (bicyclic) bond motifs is 1. The van der Waals surface area contributed by atoms with Crippen molar-refractivity contribution in [2.45, 2.75) is 18.9 Å². The third-order valence-electron chi connectivity index (χ3n) is 5.58. The van der Waals surface area contributed by atoms with Crippen molar-refractivity contribution in [3.63, 3.8) is 0 Å². The van der Waals surface area contributed by atoms with Gasteiger partial charge in [-0.15, -0.1) is 0 Å². The van der Waals surface area contributed by atoms with Crippen LogP contribution in [-0.2, 0) is 4.79 Å². The molecule has 0 bridgehead atoms. The average molecular weight is 376 g/mol. The van der Waals surface area contributed by atoms with Crippen LogP contribution in [0, 0.1) is 0 Å². The van der Waals surface area contributed by atoms with Crippen molar-refractivity contribution < 1.29 is 9.90 Å². The van der Waals surface area contributed by atoms with Crippen LogP contribution in [-0.4, -0.2) is 51.5 Å². The van der Waals surface area contributed by atoms with Crippen LogP contribution in [0.2, 0.25) is 0 Å². The van der Waals surface area contributed by atoms with Crippen LogP contribution in [0.5, 0.6) is 5.75 Å². The molecule has 0 unspecified atom stereocenters. The van der Waals surface area contributed by atoms with Gasteiger partial charge in [0.05, 0.1) is 23.7 Å². The number of piperidine rings is 1. The Morgan fingerprint density at radius 3 is 2.64 bits per heavy atom. The summed E-state index contributed by atoms with van der Waals surface area (Å²) in [5, 5.41) is 9.58. The number of nitrogens with zero attached hydrogens (tertiary/aromatic N) is 4. The van der Waals surface area contributed by atoms with E-state index in [-0.39, 0.29) is 11.7 Å². The lowest BCUT2D eigenvalue weighted by molar-refractivity contribution is -0.126. The van der Waals surface area contributed by atoms with Gasteiger partial charge in [0.1, 0.15) is 5.75 Å². The highest BCUT2D eigenvalue weighted by Crippen LogP contribution is 2.32. The first kappa shape index (κ1) is 18.1. The second-order valence-corrected chi connectivity index (χ2v) is 7.22. The zero-order valence-electron chi connectivity index (χ0n) is 16.0. The van der Waals surface area contributed by atoms with E-state index in [4.69, 9.17) is 0 Å². The van der Waals surface area contributed by atoms with Gasteiger partial charge in [-0.25, -0.2) is 4.98 Å². The van der Waals surface area contributed by atoms with Gasteiger partial charge in [-0.05, 0) is 42.7 Å². The minimum Gasteiger partial charge on any atom is -0.508 e. The van der Waals surface area contributed by atoms with Crippen LogP contribution in [0.25, 0.3) is 16.6 Å². The number of anilines is 1. The molecule has 0 atom stereocenters. The van der Waals surface area contributed by atoms with Crippen LogP contribution in [0.4, 0.5) is 5.69 Å². The third kappa shape index (κ3) is 3.33. The summed E-state index contributed by atoms with van der Waals surface area (Å²) < 4.78 is 2.03. The van der Waals surface area contributed by atoms with E-state index in [0.29, 0.717) is 6.04 Å². The van der Waals surface area contributed by atoms with Crippen molar-refractivity contribution in [1.29, 1.82) is 0 Å². The van der Waals surface area contributed by atoms with E-state index in [1.54, 1.807) is 12.1 Å². The second-order valence-electron chi connectivity index (χ2n) is 7.22. The highest BCUT2D eigenvalue weighted by Gasteiger charge is 2.25. The Balaban J connectivity index is 1.64. The van der Waals surface area contributed by atoms with Gasteiger partial charge < -0.3 is 19.3 Å². The first-order valence-electron chi connectivity index (χ1n) is 9.46. The fraction of sp³-hybridized carbons (Fsp3) is 0.273. The summed E-state index contributed by atoms with van der Waals surface area (Å²) in [4.78, 5) is 20.3. The number of amides is 1. The van der Waals surface area contributed by atoms with Crippen molar-refractivity contribution in [3.8, 4) is 16.9 Å². The zero-order valence-corrected chi connectivity index (χ0v) is 16.0. The van der Waals surface area contributed by atoms with Crippen molar-refractivity contribution in [3.05, 3.63) is 61.7 Å². The van der Waals surface area contributed by atoms with Gasteiger partial charge in [0.15, 0.2) is 0 Å². The Morgan fingerprint density at radius 2 is 1.96 bits per heavy atom. The van der Waals surface area contributed by atoms with Gasteiger partial charge in [-0.3, -0.25) is 4.79 Å². The highest BCUT2D eigenvalue weighted by atomic mass is 16.3. The van der Waals surface area contributed by atoms with Crippen LogP contribution < -0.4 is 4.90 Å². The van der Waals surface area contributed by atoms with Gasteiger partial charge >= 0.3 is 0 Å². The molecule has 1 saturated heterocycles. The number of carbonyl (C=O) groups excluding carboxylic acids is 1. The monoisotopic (exact) mass is 376 g/mol. The zero-order chi connectivity index (χ0) is 19.7. The first-order chi connectivity index (χ1) is 13.6. The molecule has 6 heteroatoms. The number of rotatable bonds is 4. The number of benzene rings is 1. The summed E-state index contributed by atoms with van der Waals surface area (Å²) in [5.41, 5.74) is 4.26. The molecule has 0 radical (unpaired) electrons. The van der Waals surface area contributed by atoms with Gasteiger partial charge in [-0.1, -0.05) is 18.7 Å². The normalized spacial score (nSPS) is 15.0. The van der Waals surface area contributed by atoms with E-state index in [2.05, 4.69) is 35.8 Å². The van der Waals surface area contributed by atoms with E-state index in [1.807, 2.05) is 34.0 Å². The summed E-state index contributed by atoms with van der Waals surface area (Å²) in [6.07, 6.45) is 8.96. The number of likely N-dealkylation sites (tertiary alicyclic amines) is 1. The molecule has 28 heavy (non-hydrogen) atoms. The molecule has 1 N–H and O–H groups in total. The van der Waals surface area contributed by atoms with E-state index in [1.165, 1.54) is 6.08 Å². The Labute approximate surface area is 164 Å². The molecule has 0 saturated carbocycles. The fourth-order valence-electron chi connectivity index (χ4n) is 3.91. The lowest BCUT2D eigenvalue weighted by atomic mass is 10.0. The largest absolute Gasteiger partial charge is 0.508 e. The number of carbonyl (C=O) groups is 1. The van der Waals surface area contributed by atoms with Crippen molar-refractivity contribution >= 4 is 17.1 Å². The van der Waals surface area contributed by atoms with E-state index < -0.39 is 0 Å². The Hall–Kier alpha value is -3.28. The molecule has 0 spiro atoms. The average Bonchev–Trinajstić information content (AvgIpc) is 3.21. The van der Waals surface area contributed by atoms with E-state index in [0.717, 1.165) is 48.3 Å². The van der Waals surface area contributed by atoms with E-state index in [9.17, 15) is 9.90 Å². The molecule has 144 valence electrons. The lowest BCUT2D eigenvalue weighted by Crippen LogP contribution is -2.45. The number of phenols is 1. The van der Waals surface area contributed by atoms with Crippen LogP contribution in [0.15, 0.2) is 61.7 Å². The fourth-order valence-corrected chi connectivity index (χ4v) is 3.91.